The molecule has 1 heterocycles. The van der Waals surface area contributed by atoms with Gasteiger partial charge in [0.2, 0.25) is 0 Å². The molecule has 1 aliphatic rings. The topological polar surface area (TPSA) is 71.0 Å². The lowest BCUT2D eigenvalue weighted by atomic mass is 10.2. The van der Waals surface area contributed by atoms with Crippen LogP contribution in [0.5, 0.6) is 0 Å². The monoisotopic (exact) mass is 383 g/mol. The first kappa shape index (κ1) is 19.7. The molecule has 0 radical (unpaired) electrons. The van der Waals surface area contributed by atoms with Crippen molar-refractivity contribution in [1.82, 2.24) is 25.9 Å². The number of rotatable bonds is 6. The summed E-state index contributed by atoms with van der Waals surface area (Å²) in [5, 5.41) is 8.61. The summed E-state index contributed by atoms with van der Waals surface area (Å²) in [5.41, 5.74) is 6.85. The van der Waals surface area contributed by atoms with E-state index in [2.05, 4.69) is 28.2 Å². The van der Waals surface area contributed by atoms with E-state index in [1.807, 2.05) is 6.92 Å². The van der Waals surface area contributed by atoms with Gasteiger partial charge in [0.05, 0.1) is 5.69 Å². The van der Waals surface area contributed by atoms with Gasteiger partial charge in [-0.05, 0) is 44.5 Å². The highest BCUT2D eigenvalue weighted by molar-refractivity contribution is 7.80. The van der Waals surface area contributed by atoms with Crippen LogP contribution in [0.4, 0.5) is 0 Å². The van der Waals surface area contributed by atoms with Crippen molar-refractivity contribution < 1.29 is 4.79 Å². The van der Waals surface area contributed by atoms with Gasteiger partial charge in [0.25, 0.3) is 5.91 Å². The SMILES string of the molecule is CCCCn1nc(C)c(/C=C/C(=O)NNC(=S)NC2CCCC2)c1Cl. The molecular weight excluding hydrogens is 358 g/mol. The van der Waals surface area contributed by atoms with Crippen LogP contribution in [0.25, 0.3) is 6.08 Å². The number of carbonyl (C=O) groups is 1. The van der Waals surface area contributed by atoms with Gasteiger partial charge in [-0.1, -0.05) is 37.8 Å². The van der Waals surface area contributed by atoms with Crippen LogP contribution in [0, 0.1) is 6.92 Å². The number of thiocarbonyl (C=S) groups is 1. The summed E-state index contributed by atoms with van der Waals surface area (Å²) in [4.78, 5) is 11.9. The molecular formula is C17H26ClN5OS. The summed E-state index contributed by atoms with van der Waals surface area (Å²) in [5.74, 6) is -0.299. The zero-order chi connectivity index (χ0) is 18.2. The minimum atomic E-state index is -0.299. The molecule has 1 amide bonds. The summed E-state index contributed by atoms with van der Waals surface area (Å²) in [6.45, 7) is 4.78. The van der Waals surface area contributed by atoms with Crippen molar-refractivity contribution in [1.29, 1.82) is 0 Å². The van der Waals surface area contributed by atoms with Gasteiger partial charge in [-0.15, -0.1) is 0 Å². The molecule has 0 unspecified atom stereocenters. The van der Waals surface area contributed by atoms with Crippen molar-refractivity contribution in [3.8, 4) is 0 Å². The quantitative estimate of drug-likeness (QED) is 0.400. The Kier molecular flexibility index (Phi) is 7.71. The minimum absolute atomic E-state index is 0.299. The Hall–Kier alpha value is -1.60. The van der Waals surface area contributed by atoms with Gasteiger partial charge in [-0.2, -0.15) is 5.10 Å². The van der Waals surface area contributed by atoms with Gasteiger partial charge in [-0.3, -0.25) is 20.3 Å². The molecule has 1 fully saturated rings. The fraction of sp³-hybridized carbons (Fsp3) is 0.588. The molecule has 2 rings (SSSR count). The number of hydrogen-bond donors (Lipinski definition) is 3. The number of carbonyl (C=O) groups excluding carboxylic acids is 1. The molecule has 8 heteroatoms. The van der Waals surface area contributed by atoms with Crippen LogP contribution in [-0.4, -0.2) is 26.8 Å². The lowest BCUT2D eigenvalue weighted by Crippen LogP contribution is -2.48. The van der Waals surface area contributed by atoms with Crippen molar-refractivity contribution in [3.05, 3.63) is 22.5 Å². The molecule has 6 nitrogen and oxygen atoms in total. The standard InChI is InChI=1S/C17H26ClN5OS/c1-3-4-11-23-16(18)14(12(2)22-23)9-10-15(24)20-21-17(25)19-13-7-5-6-8-13/h9-10,13H,3-8,11H2,1-2H3,(H,20,24)(H2,19,21,25)/b10-9+. The van der Waals surface area contributed by atoms with E-state index in [0.29, 0.717) is 16.3 Å². The third-order valence-corrected chi connectivity index (χ3v) is 4.84. The highest BCUT2D eigenvalue weighted by Gasteiger charge is 2.15. The van der Waals surface area contributed by atoms with Crippen molar-refractivity contribution in [2.45, 2.75) is 65.0 Å². The summed E-state index contributed by atoms with van der Waals surface area (Å²) >= 11 is 11.5. The number of nitrogens with one attached hydrogen (secondary N) is 3. The maximum Gasteiger partial charge on any atom is 0.262 e. The van der Waals surface area contributed by atoms with Gasteiger partial charge in [0.1, 0.15) is 5.15 Å². The van der Waals surface area contributed by atoms with Gasteiger partial charge in [0, 0.05) is 24.2 Å². The van der Waals surface area contributed by atoms with Gasteiger partial charge in [0.15, 0.2) is 5.11 Å². The second kappa shape index (κ2) is 9.77. The molecule has 25 heavy (non-hydrogen) atoms. The number of nitrogens with zero attached hydrogens (tertiary/aromatic N) is 2. The fourth-order valence-electron chi connectivity index (χ4n) is 2.82. The smallest absolute Gasteiger partial charge is 0.262 e. The molecule has 1 aliphatic carbocycles. The van der Waals surface area contributed by atoms with E-state index in [1.165, 1.54) is 18.9 Å². The summed E-state index contributed by atoms with van der Waals surface area (Å²) in [6.07, 6.45) is 9.87. The highest BCUT2D eigenvalue weighted by Crippen LogP contribution is 2.21. The van der Waals surface area contributed by atoms with E-state index in [0.717, 1.165) is 43.5 Å². The van der Waals surface area contributed by atoms with Gasteiger partial charge in [-0.25, -0.2) is 0 Å². The second-order valence-corrected chi connectivity index (χ2v) is 7.04. The van der Waals surface area contributed by atoms with E-state index >= 15 is 0 Å². The van der Waals surface area contributed by atoms with Crippen molar-refractivity contribution in [2.75, 3.05) is 0 Å². The lowest BCUT2D eigenvalue weighted by Gasteiger charge is -2.15. The van der Waals surface area contributed by atoms with Crippen LogP contribution in [0.1, 0.15) is 56.7 Å². The summed E-state index contributed by atoms with van der Waals surface area (Å²) in [6, 6.07) is 0.405. The molecule has 0 atom stereocenters. The number of amides is 1. The molecule has 138 valence electrons. The number of aromatic nitrogens is 2. The van der Waals surface area contributed by atoms with Crippen molar-refractivity contribution in [2.24, 2.45) is 0 Å². The van der Waals surface area contributed by atoms with Crippen LogP contribution in [0.3, 0.4) is 0 Å². The third kappa shape index (κ3) is 6.01. The zero-order valence-corrected chi connectivity index (χ0v) is 16.3. The molecule has 1 aromatic rings. The first-order valence-corrected chi connectivity index (χ1v) is 9.57. The van der Waals surface area contributed by atoms with E-state index in [9.17, 15) is 4.79 Å². The van der Waals surface area contributed by atoms with Crippen LogP contribution in [-0.2, 0) is 11.3 Å². The van der Waals surface area contributed by atoms with Crippen LogP contribution >= 0.6 is 23.8 Å². The average Bonchev–Trinajstić information content (AvgIpc) is 3.18. The molecule has 0 aromatic carbocycles. The average molecular weight is 384 g/mol. The Morgan fingerprint density at radius 2 is 2.12 bits per heavy atom. The Bertz CT molecular complexity index is 637. The largest absolute Gasteiger partial charge is 0.359 e. The normalized spacial score (nSPS) is 14.8. The Balaban J connectivity index is 1.83. The first-order chi connectivity index (χ1) is 12.0. The Morgan fingerprint density at radius 3 is 2.80 bits per heavy atom. The Labute approximate surface area is 159 Å². The molecule has 3 N–H and O–H groups in total. The molecule has 0 bridgehead atoms. The summed E-state index contributed by atoms with van der Waals surface area (Å²) in [7, 11) is 0. The fourth-order valence-corrected chi connectivity index (χ4v) is 3.36. The van der Waals surface area contributed by atoms with Crippen LogP contribution in [0.2, 0.25) is 5.15 Å². The third-order valence-electron chi connectivity index (χ3n) is 4.22. The summed E-state index contributed by atoms with van der Waals surface area (Å²) < 4.78 is 1.77. The molecule has 1 saturated carbocycles. The number of hydrazine groups is 1. The number of halogens is 1. The Morgan fingerprint density at radius 1 is 1.40 bits per heavy atom. The molecule has 0 spiro atoms. The zero-order valence-electron chi connectivity index (χ0n) is 14.8. The minimum Gasteiger partial charge on any atom is -0.359 e. The molecule has 0 aliphatic heterocycles. The maximum atomic E-state index is 11.9. The van der Waals surface area contributed by atoms with Crippen LogP contribution < -0.4 is 16.2 Å². The van der Waals surface area contributed by atoms with Crippen molar-refractivity contribution >= 4 is 40.9 Å². The van der Waals surface area contributed by atoms with E-state index in [4.69, 9.17) is 23.8 Å². The number of hydrogen-bond acceptors (Lipinski definition) is 3. The van der Waals surface area contributed by atoms with Gasteiger partial charge >= 0.3 is 0 Å². The maximum absolute atomic E-state index is 11.9. The second-order valence-electron chi connectivity index (χ2n) is 6.27. The first-order valence-electron chi connectivity index (χ1n) is 8.78. The van der Waals surface area contributed by atoms with Crippen LogP contribution in [0.15, 0.2) is 6.08 Å². The molecule has 0 saturated heterocycles. The highest BCUT2D eigenvalue weighted by atomic mass is 35.5. The number of unbranched alkanes of at least 4 members (excludes halogenated alkanes) is 1. The van der Waals surface area contributed by atoms with Gasteiger partial charge < -0.3 is 5.32 Å². The van der Waals surface area contributed by atoms with Crippen molar-refractivity contribution in [3.63, 3.8) is 0 Å². The predicted octanol–water partition coefficient (Wildman–Crippen LogP) is 3.10. The number of aryl methyl sites for hydroxylation is 2. The molecule has 1 aromatic heterocycles. The van der Waals surface area contributed by atoms with E-state index in [-0.39, 0.29) is 5.91 Å². The predicted molar refractivity (Wildman–Crippen MR) is 105 cm³/mol. The lowest BCUT2D eigenvalue weighted by molar-refractivity contribution is -0.116. The van der Waals surface area contributed by atoms with E-state index < -0.39 is 0 Å². The van der Waals surface area contributed by atoms with E-state index in [1.54, 1.807) is 10.8 Å².